The van der Waals surface area contributed by atoms with Crippen LogP contribution in [-0.4, -0.2) is 107 Å². The first kappa shape index (κ1) is 35.7. The van der Waals surface area contributed by atoms with Crippen LogP contribution < -0.4 is 0 Å². The Balaban J connectivity index is 0.00000113. The Morgan fingerprint density at radius 3 is 1.05 bits per heavy atom. The molecule has 0 atom stereocenters. The molecule has 10 nitrogen and oxygen atoms in total. The summed E-state index contributed by atoms with van der Waals surface area (Å²) in [5, 5.41) is 0. The van der Waals surface area contributed by atoms with Gasteiger partial charge in [0.2, 0.25) is 0 Å². The molecule has 3 rings (SSSR count). The van der Waals surface area contributed by atoms with Gasteiger partial charge < -0.3 is 49.5 Å². The van der Waals surface area contributed by atoms with E-state index >= 15 is 0 Å². The maximum absolute atomic E-state index is 9.75. The van der Waals surface area contributed by atoms with Gasteiger partial charge >= 0.3 is 31.6 Å². The van der Waals surface area contributed by atoms with Gasteiger partial charge in [-0.1, -0.05) is 0 Å². The van der Waals surface area contributed by atoms with Gasteiger partial charge in [-0.3, -0.25) is 19.9 Å². The zero-order valence-electron chi connectivity index (χ0n) is 20.1. The van der Waals surface area contributed by atoms with Crippen LogP contribution in [0, 0.1) is 0 Å². The Hall–Kier alpha value is -3.31. The number of rotatable bonds is 12. The molecule has 0 saturated carbocycles. The molecule has 0 aliphatic carbocycles. The number of halogens is 8. The Labute approximate surface area is 228 Å². The van der Waals surface area contributed by atoms with Gasteiger partial charge in [0.25, 0.3) is 0 Å². The average Bonchev–Trinajstić information content (AvgIpc) is 3.58. The predicted molar refractivity (Wildman–Crippen MR) is 130 cm³/mol. The number of imidazole rings is 3. The molecule has 0 radical (unpaired) electrons. The maximum Gasteiger partial charge on any atom is 2.00 e. The summed E-state index contributed by atoms with van der Waals surface area (Å²) in [5.74, 6) is 2.29. The van der Waals surface area contributed by atoms with E-state index < -0.39 is 14.5 Å². The van der Waals surface area contributed by atoms with Crippen LogP contribution in [-0.2, 0) is 17.1 Å². The van der Waals surface area contributed by atoms with Crippen molar-refractivity contribution < 1.29 is 51.6 Å². The molecule has 0 saturated heterocycles. The average molecular weight is 610 g/mol. The van der Waals surface area contributed by atoms with Crippen LogP contribution in [0.15, 0.2) is 52.2 Å². The molecule has 3 aromatic heterocycles. The summed E-state index contributed by atoms with van der Waals surface area (Å²) in [6.45, 7) is 4.52. The number of aliphatic imine (C=N–C) groups is 3. The molecule has 3 heterocycles. The smallest absolute Gasteiger partial charge is 0.418 e. The van der Waals surface area contributed by atoms with Crippen molar-refractivity contribution in [3.05, 3.63) is 54.7 Å². The molecule has 0 fully saturated rings. The molecule has 21 heteroatoms. The third kappa shape index (κ3) is 24.8. The molecule has 0 aliphatic rings. The van der Waals surface area contributed by atoms with E-state index in [-0.39, 0.29) is 17.1 Å². The second kappa shape index (κ2) is 19.7. The van der Waals surface area contributed by atoms with Crippen LogP contribution in [0.4, 0.5) is 34.5 Å². The maximum atomic E-state index is 9.75. The molecule has 0 aromatic carbocycles. The van der Waals surface area contributed by atoms with Crippen molar-refractivity contribution >= 4 is 33.2 Å². The van der Waals surface area contributed by atoms with Crippen molar-refractivity contribution in [1.29, 1.82) is 0 Å². The van der Waals surface area contributed by atoms with Crippen LogP contribution >= 0.6 is 0 Å². The SMILES string of the molecule is C(=NCCN(CCN=Cc1ncc[nH]1)CCN=Cc1ncc[nH]1)c1ncc[nH]1.F[B-](F)(F)F.F[B-](F)(F)F.[Fe+2]. The summed E-state index contributed by atoms with van der Waals surface area (Å²) in [4.78, 5) is 37.0. The van der Waals surface area contributed by atoms with Crippen LogP contribution in [0.2, 0.25) is 0 Å². The van der Waals surface area contributed by atoms with E-state index in [1.54, 1.807) is 55.8 Å². The summed E-state index contributed by atoms with van der Waals surface area (Å²) in [6, 6.07) is 0. The van der Waals surface area contributed by atoms with Crippen molar-refractivity contribution in [3.63, 3.8) is 0 Å². The van der Waals surface area contributed by atoms with E-state index in [1.165, 1.54) is 0 Å². The van der Waals surface area contributed by atoms with Crippen molar-refractivity contribution in [2.75, 3.05) is 39.3 Å². The summed E-state index contributed by atoms with van der Waals surface area (Å²) in [6.07, 6.45) is 15.7. The summed E-state index contributed by atoms with van der Waals surface area (Å²) >= 11 is 0. The molecule has 39 heavy (non-hydrogen) atoms. The number of hydrogen-bond acceptors (Lipinski definition) is 7. The fourth-order valence-electron chi connectivity index (χ4n) is 2.43. The van der Waals surface area contributed by atoms with E-state index in [0.29, 0.717) is 19.6 Å². The van der Waals surface area contributed by atoms with Gasteiger partial charge in [0, 0.05) is 56.8 Å². The molecular formula is C18H24B2F8FeN10. The normalized spacial score (nSPS) is 11.9. The second-order valence-electron chi connectivity index (χ2n) is 6.86. The van der Waals surface area contributed by atoms with Gasteiger partial charge in [0.05, 0.1) is 38.3 Å². The Kier molecular flexibility index (Phi) is 18.0. The third-order valence-corrected chi connectivity index (χ3v) is 3.83. The molecule has 0 unspecified atom stereocenters. The topological polar surface area (TPSA) is 126 Å². The minimum atomic E-state index is -6.00. The number of aromatic amines is 3. The number of aromatic nitrogens is 6. The van der Waals surface area contributed by atoms with Crippen LogP contribution in [0.1, 0.15) is 17.5 Å². The van der Waals surface area contributed by atoms with E-state index in [2.05, 4.69) is 49.8 Å². The van der Waals surface area contributed by atoms with Gasteiger partial charge in [-0.15, -0.1) is 0 Å². The van der Waals surface area contributed by atoms with E-state index in [4.69, 9.17) is 0 Å². The molecule has 3 aromatic rings. The monoisotopic (exact) mass is 610 g/mol. The standard InChI is InChI=1S/C18H24N10.2BF4.Fe/c1-2-23-16(22-1)13-19-7-10-28(11-8-20-14-17-24-3-4-25-17)12-9-21-15-18-26-5-6-27-18;2*2-1(3,4)5;/h1-6,13-15H,7-12H2,(H,22,23)(H,24,25)(H,26,27);;;/q;2*-1;+2. The molecule has 0 spiro atoms. The number of nitrogens with one attached hydrogen (secondary N) is 3. The molecule has 0 amide bonds. The Morgan fingerprint density at radius 2 is 0.846 bits per heavy atom. The van der Waals surface area contributed by atoms with Crippen molar-refractivity contribution in [2.24, 2.45) is 15.0 Å². The van der Waals surface area contributed by atoms with Gasteiger partial charge in [-0.05, 0) is 0 Å². The quantitative estimate of drug-likeness (QED) is 0.165. The van der Waals surface area contributed by atoms with Crippen LogP contribution in [0.25, 0.3) is 0 Å². The third-order valence-electron chi connectivity index (χ3n) is 3.83. The number of nitrogens with zero attached hydrogens (tertiary/aromatic N) is 7. The molecule has 0 bridgehead atoms. The number of H-pyrrole nitrogens is 3. The molecular weight excluding hydrogens is 586 g/mol. The first-order valence-corrected chi connectivity index (χ1v) is 10.8. The van der Waals surface area contributed by atoms with E-state index in [0.717, 1.165) is 37.1 Å². The molecule has 216 valence electrons. The van der Waals surface area contributed by atoms with Gasteiger partial charge in [0.15, 0.2) is 0 Å². The summed E-state index contributed by atoms with van der Waals surface area (Å²) in [7, 11) is -12.0. The first-order valence-electron chi connectivity index (χ1n) is 10.8. The Morgan fingerprint density at radius 1 is 0.590 bits per heavy atom. The minimum Gasteiger partial charge on any atom is -0.418 e. The summed E-state index contributed by atoms with van der Waals surface area (Å²) < 4.78 is 78.0. The molecule has 0 aliphatic heterocycles. The largest absolute Gasteiger partial charge is 2.00 e. The predicted octanol–water partition coefficient (Wildman–Crippen LogP) is 3.41. The van der Waals surface area contributed by atoms with Crippen LogP contribution in [0.3, 0.4) is 0 Å². The fraction of sp³-hybridized carbons (Fsp3) is 0.333. The van der Waals surface area contributed by atoms with Crippen molar-refractivity contribution in [2.45, 2.75) is 0 Å². The zero-order valence-corrected chi connectivity index (χ0v) is 21.2. The van der Waals surface area contributed by atoms with Crippen LogP contribution in [0.5, 0.6) is 0 Å². The van der Waals surface area contributed by atoms with Crippen molar-refractivity contribution in [3.8, 4) is 0 Å². The van der Waals surface area contributed by atoms with Gasteiger partial charge in [0.1, 0.15) is 17.5 Å². The number of hydrogen-bond donors (Lipinski definition) is 3. The van der Waals surface area contributed by atoms with Gasteiger partial charge in [-0.2, -0.15) is 0 Å². The van der Waals surface area contributed by atoms with E-state index in [1.807, 2.05) is 0 Å². The van der Waals surface area contributed by atoms with Gasteiger partial charge in [-0.25, -0.2) is 15.0 Å². The second-order valence-corrected chi connectivity index (χ2v) is 6.86. The van der Waals surface area contributed by atoms with Crippen molar-refractivity contribution in [1.82, 2.24) is 34.8 Å². The summed E-state index contributed by atoms with van der Waals surface area (Å²) in [5.41, 5.74) is 0. The van der Waals surface area contributed by atoms with E-state index in [9.17, 15) is 34.5 Å². The fourth-order valence-corrected chi connectivity index (χ4v) is 2.43. The molecule has 3 N–H and O–H groups in total. The zero-order chi connectivity index (χ0) is 28.3. The minimum absolute atomic E-state index is 0. The first-order chi connectivity index (χ1) is 17.9. The Bertz CT molecular complexity index is 905.